The van der Waals surface area contributed by atoms with Crippen molar-refractivity contribution >= 4 is 82.2 Å². The number of benzene rings is 13. The quantitative estimate of drug-likeness (QED) is 0.153. The van der Waals surface area contributed by atoms with Crippen LogP contribution in [-0.4, -0.2) is 9.13 Å². The molecule has 382 valence electrons. The van der Waals surface area contributed by atoms with Gasteiger partial charge in [-0.25, -0.2) is 4.90 Å². The first-order valence-corrected chi connectivity index (χ1v) is 28.3. The molecule has 0 saturated carbocycles. The van der Waals surface area contributed by atoms with Gasteiger partial charge in [-0.15, -0.1) is 0 Å². The predicted molar refractivity (Wildman–Crippen MR) is 343 cm³/mol. The van der Waals surface area contributed by atoms with Gasteiger partial charge in [0.05, 0.1) is 27.6 Å². The van der Waals surface area contributed by atoms with Crippen molar-refractivity contribution in [2.24, 2.45) is 0 Å². The van der Waals surface area contributed by atoms with Crippen LogP contribution in [-0.2, 0) is 0 Å². The van der Waals surface area contributed by atoms with E-state index in [4.69, 9.17) is 0 Å². The molecule has 81 heavy (non-hydrogen) atoms. The summed E-state index contributed by atoms with van der Waals surface area (Å²) in [4.78, 5) is 1.32. The molecule has 15 aromatic rings. The van der Waals surface area contributed by atoms with Crippen LogP contribution < -0.4 is 4.90 Å². The zero-order valence-electron chi connectivity index (χ0n) is 45.7. The third-order valence-corrected chi connectivity index (χ3v) is 17.6. The summed E-state index contributed by atoms with van der Waals surface area (Å²) in [6.45, 7) is 8.84. The predicted octanol–water partition coefficient (Wildman–Crippen LogP) is 20.2. The second-order valence-corrected chi connectivity index (χ2v) is 22.4. The maximum Gasteiger partial charge on any atom is 0.149 e. The van der Waals surface area contributed by atoms with Crippen LogP contribution in [0.15, 0.2) is 261 Å². The Labute approximate surface area is 471 Å². The summed E-state index contributed by atoms with van der Waals surface area (Å²) in [5.74, 6) is 0. The largest absolute Gasteiger partial charge is 0.309 e. The Balaban J connectivity index is 0.879. The number of hydrogen-bond acceptors (Lipinski definition) is 0. The van der Waals surface area contributed by atoms with Gasteiger partial charge in [0.1, 0.15) is 17.1 Å². The van der Waals surface area contributed by atoms with E-state index in [1.54, 1.807) is 0 Å². The maximum atomic E-state index is 2.48. The van der Waals surface area contributed by atoms with E-state index in [0.717, 1.165) is 5.69 Å². The second kappa shape index (κ2) is 18.3. The molecule has 3 nitrogen and oxygen atoms in total. The monoisotopic (exact) mass is 1030 g/mol. The fourth-order valence-electron chi connectivity index (χ4n) is 13.7. The minimum atomic E-state index is 1.12. The van der Waals surface area contributed by atoms with E-state index in [9.17, 15) is 0 Å². The number of para-hydroxylation sites is 2. The van der Waals surface area contributed by atoms with E-state index in [1.165, 1.54) is 171 Å². The van der Waals surface area contributed by atoms with E-state index in [2.05, 4.69) is 298 Å². The van der Waals surface area contributed by atoms with Crippen molar-refractivity contribution in [2.45, 2.75) is 27.7 Å². The third kappa shape index (κ3) is 7.32. The minimum Gasteiger partial charge on any atom is -0.309 e. The highest BCUT2D eigenvalue weighted by molar-refractivity contribution is 6.21. The first-order valence-electron chi connectivity index (χ1n) is 28.3. The number of rotatable bonds is 7. The lowest BCUT2D eigenvalue weighted by Crippen LogP contribution is -2.95. The first-order chi connectivity index (χ1) is 39.8. The number of hydrogen-bond donors (Lipinski definition) is 1. The van der Waals surface area contributed by atoms with E-state index >= 15 is 0 Å². The third-order valence-electron chi connectivity index (χ3n) is 17.6. The minimum absolute atomic E-state index is 1.12. The van der Waals surface area contributed by atoms with Crippen LogP contribution in [0.25, 0.3) is 132 Å². The molecular formula is C78H56N3+. The average molecular weight is 1040 g/mol. The van der Waals surface area contributed by atoms with E-state index in [-0.39, 0.29) is 0 Å². The summed E-state index contributed by atoms with van der Waals surface area (Å²) in [7, 11) is 0. The lowest BCUT2D eigenvalue weighted by molar-refractivity contribution is -0.677. The van der Waals surface area contributed by atoms with Gasteiger partial charge in [0, 0.05) is 62.2 Å². The Hall–Kier alpha value is -10.1. The number of nitrogens with one attached hydrogen (secondary N) is 1. The van der Waals surface area contributed by atoms with Crippen molar-refractivity contribution in [3.05, 3.63) is 283 Å². The van der Waals surface area contributed by atoms with Crippen LogP contribution in [0.5, 0.6) is 0 Å². The molecule has 0 aliphatic carbocycles. The zero-order valence-corrected chi connectivity index (χ0v) is 45.7. The van der Waals surface area contributed by atoms with Gasteiger partial charge in [0.2, 0.25) is 0 Å². The summed E-state index contributed by atoms with van der Waals surface area (Å²) in [5.41, 5.74) is 28.4. The Morgan fingerprint density at radius 3 is 1.25 bits per heavy atom. The SMILES string of the molecule is Cc1ccc2c(c1)-c1cc(-c3ccc4c(c3)c3cc(-c5ccc6c(c5)c5cc(C)ccc5n6-c5ccccc5C)ccc3n4-c3ccc(-c4c5ccccc5c(-c5ccccc5)c5ccccc45)cc3)ccc1[NH+]2c1ccccc1C. The summed E-state index contributed by atoms with van der Waals surface area (Å²) >= 11 is 0. The Kier molecular flexibility index (Phi) is 10.6. The Morgan fingerprint density at radius 2 is 0.667 bits per heavy atom. The number of nitrogens with zero attached hydrogens (tertiary/aromatic N) is 2. The van der Waals surface area contributed by atoms with E-state index in [1.807, 2.05) is 0 Å². The van der Waals surface area contributed by atoms with Gasteiger partial charge in [-0.05, 0) is 184 Å². The van der Waals surface area contributed by atoms with Crippen molar-refractivity contribution in [1.82, 2.24) is 9.13 Å². The Morgan fingerprint density at radius 1 is 0.259 bits per heavy atom. The highest BCUT2D eigenvalue weighted by Gasteiger charge is 2.35. The summed E-state index contributed by atoms with van der Waals surface area (Å²) in [5, 5.41) is 9.99. The number of aryl methyl sites for hydroxylation is 4. The van der Waals surface area contributed by atoms with Gasteiger partial charge in [-0.2, -0.15) is 0 Å². The molecule has 1 aliphatic heterocycles. The lowest BCUT2D eigenvalue weighted by atomic mass is 9.86. The van der Waals surface area contributed by atoms with Crippen LogP contribution in [0.1, 0.15) is 22.3 Å². The molecule has 3 heteroatoms. The van der Waals surface area contributed by atoms with Gasteiger partial charge >= 0.3 is 0 Å². The molecule has 0 bridgehead atoms. The standard InChI is InChI=1S/C78H55N3/c1-48-26-36-73-63(42-48)65-44-56(32-40-75(65)80(73)69-24-14-8-16-50(69)3)54-30-38-71-67(46-54)68-47-55(57-33-41-76-66(45-57)64-43-49(2)27-37-74(64)81(76)70-25-15-9-17-51(70)4)31-39-72(68)79(71)58-34-28-53(29-35-58)78-61-22-12-10-20-59(61)77(52-18-6-5-7-19-52)60-21-11-13-23-62(60)78/h5-47H,1-4H3/p+1. The maximum absolute atomic E-state index is 2.48. The first kappa shape index (κ1) is 47.0. The average Bonchev–Trinajstić information content (AvgIpc) is 4.30. The van der Waals surface area contributed by atoms with Gasteiger partial charge in [-0.3, -0.25) is 0 Å². The fraction of sp³-hybridized carbons (Fsp3) is 0.0513. The summed E-state index contributed by atoms with van der Waals surface area (Å²) in [6, 6.07) is 97.9. The van der Waals surface area contributed by atoms with Gasteiger partial charge < -0.3 is 9.13 Å². The van der Waals surface area contributed by atoms with Gasteiger partial charge in [0.15, 0.2) is 0 Å². The highest BCUT2D eigenvalue weighted by atomic mass is 15.2. The molecule has 1 unspecified atom stereocenters. The molecule has 0 saturated heterocycles. The number of aromatic nitrogens is 2. The molecule has 2 aromatic heterocycles. The highest BCUT2D eigenvalue weighted by Crippen LogP contribution is 2.47. The summed E-state index contributed by atoms with van der Waals surface area (Å²) < 4.78 is 4.92. The molecule has 16 rings (SSSR count). The molecule has 13 aromatic carbocycles. The molecule has 1 atom stereocenters. The molecule has 0 radical (unpaired) electrons. The normalized spacial score (nSPS) is 13.1. The number of quaternary nitrogens is 1. The molecule has 3 heterocycles. The molecule has 0 spiro atoms. The smallest absolute Gasteiger partial charge is 0.149 e. The van der Waals surface area contributed by atoms with Crippen molar-refractivity contribution in [2.75, 3.05) is 0 Å². The van der Waals surface area contributed by atoms with Gasteiger partial charge in [0.25, 0.3) is 0 Å². The fourth-order valence-corrected chi connectivity index (χ4v) is 13.7. The van der Waals surface area contributed by atoms with Crippen LogP contribution in [0, 0.1) is 27.7 Å². The Bertz CT molecular complexity index is 5030. The number of fused-ring (bicyclic) bond motifs is 11. The van der Waals surface area contributed by atoms with Crippen molar-refractivity contribution < 1.29 is 4.90 Å². The van der Waals surface area contributed by atoms with Crippen LogP contribution in [0.3, 0.4) is 0 Å². The molecule has 0 amide bonds. The zero-order chi connectivity index (χ0) is 54.0. The van der Waals surface area contributed by atoms with Crippen LogP contribution in [0.4, 0.5) is 17.1 Å². The van der Waals surface area contributed by atoms with Crippen molar-refractivity contribution in [3.8, 4) is 67.0 Å². The van der Waals surface area contributed by atoms with Gasteiger partial charge in [-0.1, -0.05) is 169 Å². The van der Waals surface area contributed by atoms with Crippen LogP contribution in [0.2, 0.25) is 0 Å². The molecule has 1 N–H and O–H groups in total. The molecular weight excluding hydrogens is 979 g/mol. The second-order valence-electron chi connectivity index (χ2n) is 22.4. The van der Waals surface area contributed by atoms with E-state index < -0.39 is 0 Å². The van der Waals surface area contributed by atoms with Crippen molar-refractivity contribution in [3.63, 3.8) is 0 Å². The molecule has 1 aliphatic rings. The molecule has 0 fully saturated rings. The lowest BCUT2D eigenvalue weighted by Gasteiger charge is -2.18. The van der Waals surface area contributed by atoms with Crippen LogP contribution >= 0.6 is 0 Å². The summed E-state index contributed by atoms with van der Waals surface area (Å²) in [6.07, 6.45) is 0. The topological polar surface area (TPSA) is 14.3 Å². The van der Waals surface area contributed by atoms with Crippen molar-refractivity contribution in [1.29, 1.82) is 0 Å². The van der Waals surface area contributed by atoms with E-state index in [0.29, 0.717) is 0 Å².